The van der Waals surface area contributed by atoms with Gasteiger partial charge in [0, 0.05) is 19.5 Å². The molecule has 13 heteroatoms. The van der Waals surface area contributed by atoms with Gasteiger partial charge in [-0.15, -0.1) is 12.3 Å². The summed E-state index contributed by atoms with van der Waals surface area (Å²) in [5.74, 6) is 0.207. The number of likely N-dealkylation sites (tertiary alicyclic amines) is 1. The van der Waals surface area contributed by atoms with E-state index in [1.54, 1.807) is 18.7 Å². The molecule has 5 aliphatic rings. The first-order chi connectivity index (χ1) is 25.3. The third-order valence-electron chi connectivity index (χ3n) is 14.0. The molecule has 5 amide bonds. The summed E-state index contributed by atoms with van der Waals surface area (Å²) in [6.45, 7) is 12.2. The summed E-state index contributed by atoms with van der Waals surface area (Å²) in [7, 11) is -3.59. The molecule has 0 radical (unpaired) electrons. The highest BCUT2D eigenvalue weighted by molar-refractivity contribution is 7.92. The van der Waals surface area contributed by atoms with Gasteiger partial charge in [0.2, 0.25) is 17.6 Å². The van der Waals surface area contributed by atoms with Crippen molar-refractivity contribution in [2.75, 3.05) is 18.8 Å². The van der Waals surface area contributed by atoms with Gasteiger partial charge >= 0.3 is 6.03 Å². The van der Waals surface area contributed by atoms with Crippen LogP contribution in [0.5, 0.6) is 0 Å². The highest BCUT2D eigenvalue weighted by Crippen LogP contribution is 2.65. The number of sulfone groups is 1. The summed E-state index contributed by atoms with van der Waals surface area (Å²) in [6.07, 6.45) is 16.0. The third-order valence-corrected chi connectivity index (χ3v) is 16.9. The van der Waals surface area contributed by atoms with E-state index in [0.29, 0.717) is 51.1 Å². The number of terminal acetylenes is 1. The maximum absolute atomic E-state index is 15.0. The zero-order valence-electron chi connectivity index (χ0n) is 33.5. The van der Waals surface area contributed by atoms with Gasteiger partial charge in [0.1, 0.15) is 12.1 Å². The van der Waals surface area contributed by atoms with Crippen LogP contribution in [0.4, 0.5) is 4.79 Å². The number of rotatable bonds is 16. The lowest BCUT2D eigenvalue weighted by molar-refractivity contribution is -0.146. The second kappa shape index (κ2) is 16.1. The van der Waals surface area contributed by atoms with E-state index < -0.39 is 67.3 Å². The molecular weight excluding hydrogens is 707 g/mol. The molecule has 0 aromatic heterocycles. The van der Waals surface area contributed by atoms with E-state index in [2.05, 4.69) is 41.0 Å². The first-order valence-electron chi connectivity index (χ1n) is 20.5. The number of carbonyl (C=O) groups is 5. The van der Waals surface area contributed by atoms with Gasteiger partial charge in [0.05, 0.1) is 22.1 Å². The molecule has 4 saturated carbocycles. The van der Waals surface area contributed by atoms with Crippen molar-refractivity contribution in [2.24, 2.45) is 28.6 Å². The number of piperidine rings is 1. The van der Waals surface area contributed by atoms with Crippen LogP contribution in [-0.2, 0) is 29.0 Å². The minimum absolute atomic E-state index is 0.0465. The van der Waals surface area contributed by atoms with E-state index in [4.69, 9.17) is 6.42 Å². The van der Waals surface area contributed by atoms with Crippen LogP contribution in [0.15, 0.2) is 0 Å². The van der Waals surface area contributed by atoms with Crippen molar-refractivity contribution in [3.05, 3.63) is 0 Å². The largest absolute Gasteiger partial charge is 0.349 e. The molecule has 54 heavy (non-hydrogen) atoms. The molecule has 5 fully saturated rings. The van der Waals surface area contributed by atoms with Crippen LogP contribution in [0.1, 0.15) is 138 Å². The van der Waals surface area contributed by atoms with E-state index in [0.717, 1.165) is 51.4 Å². The Bertz CT molecular complexity index is 1600. The van der Waals surface area contributed by atoms with Crippen LogP contribution in [0.25, 0.3) is 0 Å². The fourth-order valence-corrected chi connectivity index (χ4v) is 11.4. The summed E-state index contributed by atoms with van der Waals surface area (Å²) < 4.78 is 26.4. The minimum Gasteiger partial charge on any atom is -0.349 e. The quantitative estimate of drug-likeness (QED) is 0.133. The average Bonchev–Trinajstić information content (AvgIpc) is 3.99. The zero-order chi connectivity index (χ0) is 39.7. The van der Waals surface area contributed by atoms with Crippen molar-refractivity contribution >= 4 is 39.4 Å². The molecule has 5 rings (SSSR count). The van der Waals surface area contributed by atoms with Crippen LogP contribution in [-0.4, -0.2) is 90.1 Å². The smallest absolute Gasteiger partial charge is 0.315 e. The molecule has 1 heterocycles. The van der Waals surface area contributed by atoms with E-state index in [1.807, 2.05) is 13.8 Å². The van der Waals surface area contributed by atoms with Crippen molar-refractivity contribution < 1.29 is 32.4 Å². The van der Waals surface area contributed by atoms with Gasteiger partial charge in [-0.05, 0) is 93.8 Å². The predicted molar refractivity (Wildman–Crippen MR) is 208 cm³/mol. The Morgan fingerprint density at radius 2 is 1.54 bits per heavy atom. The molecule has 0 aromatic carbocycles. The van der Waals surface area contributed by atoms with Crippen LogP contribution in [0.2, 0.25) is 0 Å². The van der Waals surface area contributed by atoms with Gasteiger partial charge in [-0.25, -0.2) is 13.2 Å². The summed E-state index contributed by atoms with van der Waals surface area (Å²) in [6, 6.07) is -3.58. The lowest BCUT2D eigenvalue weighted by Crippen LogP contribution is -2.65. The maximum Gasteiger partial charge on any atom is 0.315 e. The van der Waals surface area contributed by atoms with Crippen molar-refractivity contribution in [1.82, 2.24) is 26.2 Å². The standard InChI is InChI=1S/C41H65N5O7S/c1-8-10-17-29(32(47)35(49)42-24-27-18-19-27)43-34(48)31-30-28(39(30,5)6)25-46(31)36(50)33(40(7)20-13-11-14-21-40)44-37(51)45-41(22-15-12-16-23-41)26-54(52,53)38(3,4)9-2/h1,27-31,33H,9-26H2,2-7H3,(H,42,49)(H,43,48)(H2,44,45,51). The Kier molecular flexibility index (Phi) is 12.6. The average molecular weight is 772 g/mol. The summed E-state index contributed by atoms with van der Waals surface area (Å²) in [4.78, 5) is 71.2. The Labute approximate surface area is 323 Å². The fourth-order valence-electron chi connectivity index (χ4n) is 9.44. The highest BCUT2D eigenvalue weighted by Gasteiger charge is 2.70. The number of amides is 5. The molecule has 1 saturated heterocycles. The Morgan fingerprint density at radius 1 is 0.926 bits per heavy atom. The van der Waals surface area contributed by atoms with Crippen molar-refractivity contribution in [2.45, 2.75) is 166 Å². The van der Waals surface area contributed by atoms with Gasteiger partial charge in [0.15, 0.2) is 9.84 Å². The molecule has 4 N–H and O–H groups in total. The van der Waals surface area contributed by atoms with Gasteiger partial charge in [0.25, 0.3) is 5.91 Å². The van der Waals surface area contributed by atoms with Gasteiger partial charge < -0.3 is 26.2 Å². The second-order valence-electron chi connectivity index (χ2n) is 18.7. The van der Waals surface area contributed by atoms with Gasteiger partial charge in [-0.1, -0.05) is 66.2 Å². The number of hydrogen-bond donors (Lipinski definition) is 4. The molecule has 12 nitrogen and oxygen atoms in total. The topological polar surface area (TPSA) is 171 Å². The fraction of sp³-hybridized carbons (Fsp3) is 0.829. The van der Waals surface area contributed by atoms with E-state index in [1.165, 1.54) is 0 Å². The predicted octanol–water partition coefficient (Wildman–Crippen LogP) is 4.41. The highest BCUT2D eigenvalue weighted by atomic mass is 32.2. The molecule has 4 aliphatic carbocycles. The molecule has 0 spiro atoms. The van der Waals surface area contributed by atoms with Crippen LogP contribution in [0.3, 0.4) is 0 Å². The van der Waals surface area contributed by atoms with Crippen LogP contribution in [0, 0.1) is 40.9 Å². The normalized spacial score (nSPS) is 26.6. The monoisotopic (exact) mass is 771 g/mol. The molecular formula is C41H65N5O7S. The number of fused-ring (bicyclic) bond motifs is 1. The minimum atomic E-state index is -3.59. The Balaban J connectivity index is 1.39. The molecule has 0 aromatic rings. The summed E-state index contributed by atoms with van der Waals surface area (Å²) >= 11 is 0. The maximum atomic E-state index is 15.0. The van der Waals surface area contributed by atoms with Crippen LogP contribution < -0.4 is 21.3 Å². The molecule has 5 atom stereocenters. The number of hydrogen-bond acceptors (Lipinski definition) is 7. The van der Waals surface area contributed by atoms with E-state index in [-0.39, 0.29) is 41.8 Å². The Hall–Kier alpha value is -3.14. The van der Waals surface area contributed by atoms with E-state index >= 15 is 0 Å². The van der Waals surface area contributed by atoms with Crippen molar-refractivity contribution in [3.63, 3.8) is 0 Å². The Morgan fingerprint density at radius 3 is 2.11 bits per heavy atom. The molecule has 5 unspecified atom stereocenters. The van der Waals surface area contributed by atoms with E-state index in [9.17, 15) is 32.4 Å². The number of nitrogens with zero attached hydrogens (tertiary/aromatic N) is 1. The number of nitrogens with one attached hydrogen (secondary N) is 4. The first-order valence-corrected chi connectivity index (χ1v) is 22.1. The zero-order valence-corrected chi connectivity index (χ0v) is 34.3. The van der Waals surface area contributed by atoms with Gasteiger partial charge in [-0.2, -0.15) is 0 Å². The molecule has 0 bridgehead atoms. The first kappa shape index (κ1) is 42.0. The number of Topliss-reactive ketones (excluding diaryl/α,β-unsaturated/α-hetero) is 1. The van der Waals surface area contributed by atoms with Gasteiger partial charge in [-0.3, -0.25) is 19.2 Å². The van der Waals surface area contributed by atoms with Crippen LogP contribution >= 0.6 is 0 Å². The SMILES string of the molecule is C#CCCC(NC(=O)C1C2C(CN1C(=O)C(NC(=O)NC1(CS(=O)(=O)C(C)(C)CC)CCCCC1)C1(C)CCCCC1)C2(C)C)C(=O)C(=O)NCC1CC1. The lowest BCUT2D eigenvalue weighted by Gasteiger charge is -2.44. The van der Waals surface area contributed by atoms with Crippen molar-refractivity contribution in [3.8, 4) is 12.3 Å². The third kappa shape index (κ3) is 8.94. The number of ketones is 1. The number of carbonyl (C=O) groups excluding carboxylic acids is 5. The second-order valence-corrected chi connectivity index (χ2v) is 21.3. The number of urea groups is 1. The summed E-state index contributed by atoms with van der Waals surface area (Å²) in [5, 5.41) is 11.7. The summed E-state index contributed by atoms with van der Waals surface area (Å²) in [5.41, 5.74) is -1.78. The molecule has 1 aliphatic heterocycles. The molecule has 302 valence electrons. The van der Waals surface area contributed by atoms with Crippen molar-refractivity contribution in [1.29, 1.82) is 0 Å². The lowest BCUT2D eigenvalue weighted by atomic mass is 9.70.